The zero-order chi connectivity index (χ0) is 20.2. The molecule has 1 atom stereocenters. The van der Waals surface area contributed by atoms with E-state index in [0.717, 1.165) is 18.9 Å². The Bertz CT molecular complexity index is 877. The van der Waals surface area contributed by atoms with E-state index in [1.807, 2.05) is 0 Å². The first-order valence-electron chi connectivity index (χ1n) is 8.78. The predicted molar refractivity (Wildman–Crippen MR) is 94.1 cm³/mol. The van der Waals surface area contributed by atoms with Gasteiger partial charge in [-0.25, -0.2) is 9.97 Å². The fourth-order valence-electron chi connectivity index (χ4n) is 3.18. The number of aromatic nitrogens is 3. The van der Waals surface area contributed by atoms with Gasteiger partial charge >= 0.3 is 6.18 Å². The monoisotopic (exact) mass is 384 g/mol. The first kappa shape index (κ1) is 19.6. The van der Waals surface area contributed by atoms with Crippen LogP contribution in [0.25, 0.3) is 11.2 Å². The molecule has 2 aromatic heterocycles. The lowest BCUT2D eigenvalue weighted by molar-refractivity contribution is -0.141. The second kappa shape index (κ2) is 6.19. The summed E-state index contributed by atoms with van der Waals surface area (Å²) in [6, 6.07) is 2.11. The minimum atomic E-state index is -4.58. The molecule has 1 fully saturated rings. The fourth-order valence-corrected chi connectivity index (χ4v) is 3.18. The molecule has 0 bridgehead atoms. The van der Waals surface area contributed by atoms with Crippen LogP contribution in [0, 0.1) is 5.92 Å². The predicted octanol–water partition coefficient (Wildman–Crippen LogP) is 3.69. The first-order chi connectivity index (χ1) is 12.3. The van der Waals surface area contributed by atoms with E-state index < -0.39 is 28.9 Å². The molecule has 0 aromatic carbocycles. The van der Waals surface area contributed by atoms with Crippen molar-refractivity contribution in [2.75, 3.05) is 5.32 Å². The van der Waals surface area contributed by atoms with Gasteiger partial charge in [-0.15, -0.1) is 0 Å². The van der Waals surface area contributed by atoms with E-state index in [0.29, 0.717) is 0 Å². The van der Waals surface area contributed by atoms with Crippen molar-refractivity contribution in [1.82, 2.24) is 14.5 Å². The van der Waals surface area contributed by atoms with Crippen LogP contribution in [0.1, 0.15) is 52.7 Å². The van der Waals surface area contributed by atoms with Gasteiger partial charge in [0.15, 0.2) is 5.65 Å². The van der Waals surface area contributed by atoms with Gasteiger partial charge in [-0.05, 0) is 58.6 Å². The third-order valence-corrected chi connectivity index (χ3v) is 4.69. The minimum absolute atomic E-state index is 0.0431. The number of aliphatic hydroxyl groups is 1. The van der Waals surface area contributed by atoms with Crippen molar-refractivity contribution in [2.45, 2.75) is 64.3 Å². The standard InChI is InChI=1S/C18H23F3N4O2/c1-16(2,3)25-14-11(7-8-12(23-14)18(19,20)21)22-15(25)24-13(26)9-17(4,27)10-5-6-10/h7-8,10,27H,5-6,9H2,1-4H3,(H,22,24,26)/t17-/m1/s1. The van der Waals surface area contributed by atoms with Gasteiger partial charge in [-0.3, -0.25) is 14.7 Å². The van der Waals surface area contributed by atoms with Crippen LogP contribution in [0.3, 0.4) is 0 Å². The van der Waals surface area contributed by atoms with Crippen molar-refractivity contribution in [1.29, 1.82) is 0 Å². The summed E-state index contributed by atoms with van der Waals surface area (Å²) in [5, 5.41) is 13.0. The van der Waals surface area contributed by atoms with Gasteiger partial charge in [0.1, 0.15) is 11.2 Å². The van der Waals surface area contributed by atoms with Crippen molar-refractivity contribution in [3.05, 3.63) is 17.8 Å². The summed E-state index contributed by atoms with van der Waals surface area (Å²) >= 11 is 0. The van der Waals surface area contributed by atoms with E-state index in [1.165, 1.54) is 10.6 Å². The van der Waals surface area contributed by atoms with Crippen molar-refractivity contribution in [2.24, 2.45) is 5.92 Å². The highest BCUT2D eigenvalue weighted by Crippen LogP contribution is 2.41. The van der Waals surface area contributed by atoms with Crippen LogP contribution in [0.4, 0.5) is 19.1 Å². The summed E-state index contributed by atoms with van der Waals surface area (Å²) in [5.74, 6) is -0.231. The number of nitrogens with zero attached hydrogens (tertiary/aromatic N) is 3. The summed E-state index contributed by atoms with van der Waals surface area (Å²) in [5.41, 5.74) is -2.50. The molecule has 27 heavy (non-hydrogen) atoms. The average molecular weight is 384 g/mol. The number of alkyl halides is 3. The van der Waals surface area contributed by atoms with E-state index >= 15 is 0 Å². The SMILES string of the molecule is CC(C)(C)n1c(NC(=O)C[C@@](C)(O)C2CC2)nc2ccc(C(F)(F)F)nc21. The van der Waals surface area contributed by atoms with E-state index in [4.69, 9.17) is 0 Å². The summed E-state index contributed by atoms with van der Waals surface area (Å²) in [6.45, 7) is 6.97. The van der Waals surface area contributed by atoms with Crippen LogP contribution in [0.5, 0.6) is 0 Å². The maximum Gasteiger partial charge on any atom is 0.433 e. The number of halogens is 3. The Morgan fingerprint density at radius 3 is 2.37 bits per heavy atom. The molecule has 0 unspecified atom stereocenters. The van der Waals surface area contributed by atoms with Crippen molar-refractivity contribution in [3.8, 4) is 0 Å². The molecule has 2 N–H and O–H groups in total. The molecular formula is C18H23F3N4O2. The first-order valence-corrected chi connectivity index (χ1v) is 8.78. The summed E-state index contributed by atoms with van der Waals surface area (Å²) in [7, 11) is 0. The number of anilines is 1. The number of carbonyl (C=O) groups excluding carboxylic acids is 1. The van der Waals surface area contributed by atoms with E-state index in [-0.39, 0.29) is 29.5 Å². The Morgan fingerprint density at radius 1 is 1.22 bits per heavy atom. The van der Waals surface area contributed by atoms with Gasteiger partial charge in [0, 0.05) is 5.54 Å². The zero-order valence-corrected chi connectivity index (χ0v) is 15.7. The van der Waals surface area contributed by atoms with Crippen molar-refractivity contribution < 1.29 is 23.1 Å². The maximum absolute atomic E-state index is 13.0. The number of pyridine rings is 1. The molecule has 0 radical (unpaired) electrons. The Kier molecular flexibility index (Phi) is 4.49. The fraction of sp³-hybridized carbons (Fsp3) is 0.611. The number of amides is 1. The average Bonchev–Trinajstić information content (AvgIpc) is 3.26. The second-order valence-electron chi connectivity index (χ2n) is 8.34. The Balaban J connectivity index is 1.98. The van der Waals surface area contributed by atoms with Crippen molar-refractivity contribution >= 4 is 23.0 Å². The number of hydrogen-bond acceptors (Lipinski definition) is 4. The molecule has 0 spiro atoms. The molecule has 6 nitrogen and oxygen atoms in total. The molecular weight excluding hydrogens is 361 g/mol. The van der Waals surface area contributed by atoms with E-state index in [1.54, 1.807) is 27.7 Å². The van der Waals surface area contributed by atoms with Gasteiger partial charge in [0.25, 0.3) is 0 Å². The molecule has 1 aliphatic carbocycles. The summed E-state index contributed by atoms with van der Waals surface area (Å²) in [4.78, 5) is 20.4. The zero-order valence-electron chi connectivity index (χ0n) is 15.7. The summed E-state index contributed by atoms with van der Waals surface area (Å²) < 4.78 is 40.6. The number of carbonyl (C=O) groups is 1. The topological polar surface area (TPSA) is 80.0 Å². The Hall–Kier alpha value is -2.16. The number of hydrogen-bond donors (Lipinski definition) is 2. The van der Waals surface area contributed by atoms with Crippen LogP contribution in [-0.4, -0.2) is 31.1 Å². The largest absolute Gasteiger partial charge is 0.433 e. The van der Waals surface area contributed by atoms with Gasteiger partial charge < -0.3 is 5.11 Å². The normalized spacial score (nSPS) is 17.8. The van der Waals surface area contributed by atoms with Gasteiger partial charge in [-0.1, -0.05) is 0 Å². The van der Waals surface area contributed by atoms with Gasteiger partial charge in [0.05, 0.1) is 12.0 Å². The highest BCUT2D eigenvalue weighted by atomic mass is 19.4. The second-order valence-corrected chi connectivity index (χ2v) is 8.34. The van der Waals surface area contributed by atoms with Crippen LogP contribution < -0.4 is 5.32 Å². The minimum Gasteiger partial charge on any atom is -0.389 e. The molecule has 1 saturated carbocycles. The molecule has 148 valence electrons. The van der Waals surface area contributed by atoms with Crippen LogP contribution in [0.15, 0.2) is 12.1 Å². The number of imidazole rings is 1. The van der Waals surface area contributed by atoms with Gasteiger partial charge in [-0.2, -0.15) is 13.2 Å². The Morgan fingerprint density at radius 2 is 1.85 bits per heavy atom. The van der Waals surface area contributed by atoms with Crippen LogP contribution >= 0.6 is 0 Å². The lowest BCUT2D eigenvalue weighted by Crippen LogP contribution is -2.34. The molecule has 0 aliphatic heterocycles. The summed E-state index contributed by atoms with van der Waals surface area (Å²) in [6.07, 6.45) is -2.92. The highest BCUT2D eigenvalue weighted by Gasteiger charge is 2.41. The molecule has 1 amide bonds. The number of rotatable bonds is 4. The molecule has 1 aliphatic rings. The third-order valence-electron chi connectivity index (χ3n) is 4.69. The molecule has 3 rings (SSSR count). The maximum atomic E-state index is 13.0. The quantitative estimate of drug-likeness (QED) is 0.843. The molecule has 2 aromatic rings. The van der Waals surface area contributed by atoms with Crippen molar-refractivity contribution in [3.63, 3.8) is 0 Å². The molecule has 2 heterocycles. The lowest BCUT2D eigenvalue weighted by Gasteiger charge is -2.25. The van der Waals surface area contributed by atoms with Crippen LogP contribution in [0.2, 0.25) is 0 Å². The Labute approximate surface area is 154 Å². The molecule has 0 saturated heterocycles. The smallest absolute Gasteiger partial charge is 0.389 e. The van der Waals surface area contributed by atoms with E-state index in [2.05, 4.69) is 15.3 Å². The van der Waals surface area contributed by atoms with Crippen LogP contribution in [-0.2, 0) is 16.5 Å². The van der Waals surface area contributed by atoms with E-state index in [9.17, 15) is 23.1 Å². The van der Waals surface area contributed by atoms with Gasteiger partial charge in [0.2, 0.25) is 11.9 Å². The lowest BCUT2D eigenvalue weighted by atomic mass is 9.96. The third kappa shape index (κ3) is 4.07. The number of nitrogens with one attached hydrogen (secondary N) is 1. The highest BCUT2D eigenvalue weighted by molar-refractivity contribution is 5.91. The number of fused-ring (bicyclic) bond motifs is 1. The molecule has 9 heteroatoms.